The van der Waals surface area contributed by atoms with Gasteiger partial charge in [0.1, 0.15) is 12.3 Å². The molecule has 0 aliphatic carbocycles. The summed E-state index contributed by atoms with van der Waals surface area (Å²) in [5, 5.41) is 16.6. The van der Waals surface area contributed by atoms with Gasteiger partial charge in [0.15, 0.2) is 5.11 Å². The molecule has 0 unspecified atom stereocenters. The van der Waals surface area contributed by atoms with E-state index in [0.29, 0.717) is 5.82 Å². The molecule has 1 amide bonds. The van der Waals surface area contributed by atoms with E-state index in [0.717, 1.165) is 67.6 Å². The summed E-state index contributed by atoms with van der Waals surface area (Å²) in [4.78, 5) is 18.5. The SMILES string of the molecule is COc1cccc(NC(=S)N2CCC3(CCN(C(=O)Cn4nnc(-c5ccccc5)n4)C3)CC2)c1. The van der Waals surface area contributed by atoms with Gasteiger partial charge in [-0.1, -0.05) is 36.4 Å². The van der Waals surface area contributed by atoms with E-state index in [1.165, 1.54) is 4.80 Å². The first-order valence-electron chi connectivity index (χ1n) is 11.8. The number of anilines is 1. The molecule has 182 valence electrons. The van der Waals surface area contributed by atoms with Crippen LogP contribution in [0.1, 0.15) is 19.3 Å². The fraction of sp³-hybridized carbons (Fsp3) is 0.400. The van der Waals surface area contributed by atoms with Gasteiger partial charge in [-0.25, -0.2) is 0 Å². The molecule has 2 aromatic carbocycles. The van der Waals surface area contributed by atoms with Gasteiger partial charge in [0.25, 0.3) is 0 Å². The van der Waals surface area contributed by atoms with Gasteiger partial charge in [0.2, 0.25) is 11.7 Å². The maximum atomic E-state index is 13.0. The molecule has 2 aliphatic heterocycles. The molecule has 0 saturated carbocycles. The molecule has 5 rings (SSSR count). The number of carbonyl (C=O) groups is 1. The highest BCUT2D eigenvalue weighted by molar-refractivity contribution is 7.80. The Morgan fingerprint density at radius 2 is 1.80 bits per heavy atom. The quantitative estimate of drug-likeness (QED) is 0.545. The van der Waals surface area contributed by atoms with Crippen LogP contribution in [0.2, 0.25) is 0 Å². The Balaban J connectivity index is 1.12. The van der Waals surface area contributed by atoms with Gasteiger partial charge in [-0.3, -0.25) is 4.79 Å². The monoisotopic (exact) mass is 491 g/mol. The number of nitrogens with one attached hydrogen (secondary N) is 1. The molecule has 9 nitrogen and oxygen atoms in total. The first-order chi connectivity index (χ1) is 17.0. The Kier molecular flexibility index (Phi) is 6.63. The molecular formula is C25H29N7O2S. The smallest absolute Gasteiger partial charge is 0.246 e. The molecule has 35 heavy (non-hydrogen) atoms. The number of hydrogen-bond donors (Lipinski definition) is 1. The normalized spacial score (nSPS) is 16.9. The van der Waals surface area contributed by atoms with Crippen molar-refractivity contribution in [3.05, 3.63) is 54.6 Å². The lowest BCUT2D eigenvalue weighted by molar-refractivity contribution is -0.131. The molecule has 1 aromatic heterocycles. The third-order valence-corrected chi connectivity index (χ3v) is 7.35. The Hall–Kier alpha value is -3.53. The number of hydrogen-bond acceptors (Lipinski definition) is 6. The van der Waals surface area contributed by atoms with Crippen LogP contribution in [0, 0.1) is 5.41 Å². The van der Waals surface area contributed by atoms with E-state index in [1.807, 2.05) is 59.5 Å². The summed E-state index contributed by atoms with van der Waals surface area (Å²) in [5.41, 5.74) is 1.96. The van der Waals surface area contributed by atoms with Crippen LogP contribution in [-0.2, 0) is 11.3 Å². The number of piperidine rings is 1. The van der Waals surface area contributed by atoms with Crippen molar-refractivity contribution in [3.8, 4) is 17.1 Å². The molecule has 1 N–H and O–H groups in total. The minimum absolute atomic E-state index is 0.0385. The standard InChI is InChI=1S/C25H29N7O2S/c1-34-21-9-5-8-20(16-21)26-24(35)30-13-10-25(11-14-30)12-15-31(18-25)22(33)17-32-28-23(27-29-32)19-6-3-2-4-7-19/h2-9,16H,10-15,17-18H2,1H3,(H,26,35). The zero-order valence-electron chi connectivity index (χ0n) is 19.8. The van der Waals surface area contributed by atoms with Crippen molar-refractivity contribution in [2.75, 3.05) is 38.6 Å². The Labute approximate surface area is 210 Å². The number of aromatic nitrogens is 4. The van der Waals surface area contributed by atoms with Crippen LogP contribution in [-0.4, -0.2) is 74.3 Å². The van der Waals surface area contributed by atoms with Crippen LogP contribution >= 0.6 is 12.2 Å². The zero-order chi connectivity index (χ0) is 24.3. The van der Waals surface area contributed by atoms with Crippen molar-refractivity contribution < 1.29 is 9.53 Å². The third kappa shape index (κ3) is 5.27. The maximum Gasteiger partial charge on any atom is 0.246 e. The van der Waals surface area contributed by atoms with Crippen molar-refractivity contribution in [3.63, 3.8) is 0 Å². The molecule has 2 fully saturated rings. The van der Waals surface area contributed by atoms with Gasteiger partial charge in [-0.15, -0.1) is 10.2 Å². The van der Waals surface area contributed by atoms with Crippen molar-refractivity contribution in [1.82, 2.24) is 30.0 Å². The number of rotatable bonds is 5. The van der Waals surface area contributed by atoms with E-state index >= 15 is 0 Å². The highest BCUT2D eigenvalue weighted by atomic mass is 32.1. The van der Waals surface area contributed by atoms with E-state index in [4.69, 9.17) is 17.0 Å². The van der Waals surface area contributed by atoms with Crippen LogP contribution in [0.25, 0.3) is 11.4 Å². The topological polar surface area (TPSA) is 88.4 Å². The Morgan fingerprint density at radius 1 is 1.06 bits per heavy atom. The van der Waals surface area contributed by atoms with Crippen LogP contribution in [0.5, 0.6) is 5.75 Å². The zero-order valence-corrected chi connectivity index (χ0v) is 20.6. The minimum Gasteiger partial charge on any atom is -0.497 e. The van der Waals surface area contributed by atoms with Crippen LogP contribution in [0.3, 0.4) is 0 Å². The molecule has 0 radical (unpaired) electrons. The van der Waals surface area contributed by atoms with Gasteiger partial charge in [-0.05, 0) is 54.2 Å². The third-order valence-electron chi connectivity index (χ3n) is 6.98. The second kappa shape index (κ2) is 9.99. The number of likely N-dealkylation sites (tertiary alicyclic amines) is 2. The van der Waals surface area contributed by atoms with Crippen molar-refractivity contribution in [2.24, 2.45) is 5.41 Å². The van der Waals surface area contributed by atoms with Crippen LogP contribution in [0.15, 0.2) is 54.6 Å². The van der Waals surface area contributed by atoms with Gasteiger partial charge in [0.05, 0.1) is 7.11 Å². The second-order valence-corrected chi connectivity index (χ2v) is 9.61. The Morgan fingerprint density at radius 3 is 2.54 bits per heavy atom. The fourth-order valence-corrected chi connectivity index (χ4v) is 5.18. The highest BCUT2D eigenvalue weighted by Crippen LogP contribution is 2.40. The number of ether oxygens (including phenoxy) is 1. The summed E-state index contributed by atoms with van der Waals surface area (Å²) >= 11 is 5.66. The van der Waals surface area contributed by atoms with Crippen molar-refractivity contribution in [2.45, 2.75) is 25.8 Å². The van der Waals surface area contributed by atoms with E-state index < -0.39 is 0 Å². The van der Waals surface area contributed by atoms with Gasteiger partial charge in [-0.2, -0.15) is 4.80 Å². The van der Waals surface area contributed by atoms with Gasteiger partial charge >= 0.3 is 0 Å². The van der Waals surface area contributed by atoms with Crippen molar-refractivity contribution >= 4 is 28.9 Å². The van der Waals surface area contributed by atoms with Crippen LogP contribution < -0.4 is 10.1 Å². The van der Waals surface area contributed by atoms with E-state index in [2.05, 4.69) is 25.6 Å². The maximum absolute atomic E-state index is 13.0. The number of methoxy groups -OCH3 is 1. The van der Waals surface area contributed by atoms with E-state index in [1.54, 1.807) is 7.11 Å². The van der Waals surface area contributed by atoms with Gasteiger partial charge < -0.3 is 19.9 Å². The first kappa shape index (κ1) is 23.2. The largest absolute Gasteiger partial charge is 0.497 e. The lowest BCUT2D eigenvalue weighted by Crippen LogP contribution is -2.46. The molecule has 2 saturated heterocycles. The average Bonchev–Trinajstić information content (AvgIpc) is 3.53. The molecule has 10 heteroatoms. The second-order valence-electron chi connectivity index (χ2n) is 9.22. The number of carbonyl (C=O) groups excluding carboxylic acids is 1. The predicted molar refractivity (Wildman–Crippen MR) is 137 cm³/mol. The number of amides is 1. The van der Waals surface area contributed by atoms with Gasteiger partial charge in [0, 0.05) is 43.5 Å². The van der Waals surface area contributed by atoms with E-state index in [9.17, 15) is 4.79 Å². The summed E-state index contributed by atoms with van der Waals surface area (Å²) in [5.74, 6) is 1.36. The molecule has 0 atom stereocenters. The lowest BCUT2D eigenvalue weighted by Gasteiger charge is -2.40. The lowest BCUT2D eigenvalue weighted by atomic mass is 9.78. The first-order valence-corrected chi connectivity index (χ1v) is 12.3. The number of benzene rings is 2. The summed E-state index contributed by atoms with van der Waals surface area (Å²) < 4.78 is 5.29. The summed E-state index contributed by atoms with van der Waals surface area (Å²) in [7, 11) is 1.65. The van der Waals surface area contributed by atoms with E-state index in [-0.39, 0.29) is 17.9 Å². The predicted octanol–water partition coefficient (Wildman–Crippen LogP) is 3.06. The molecular weight excluding hydrogens is 462 g/mol. The number of nitrogens with zero attached hydrogens (tertiary/aromatic N) is 6. The number of thiocarbonyl (C=S) groups is 1. The summed E-state index contributed by atoms with van der Waals surface area (Å²) in [6, 6.07) is 17.4. The molecule has 0 bridgehead atoms. The molecule has 3 aromatic rings. The summed E-state index contributed by atoms with van der Waals surface area (Å²) in [6.07, 6.45) is 3.04. The average molecular weight is 492 g/mol. The highest BCUT2D eigenvalue weighted by Gasteiger charge is 2.42. The fourth-order valence-electron chi connectivity index (χ4n) is 4.88. The number of tetrazole rings is 1. The molecule has 3 heterocycles. The summed E-state index contributed by atoms with van der Waals surface area (Å²) in [6.45, 7) is 3.41. The van der Waals surface area contributed by atoms with Crippen molar-refractivity contribution in [1.29, 1.82) is 0 Å². The minimum atomic E-state index is 0.0385. The molecule has 1 spiro atoms. The Bertz CT molecular complexity index is 1190. The molecule has 2 aliphatic rings. The van der Waals surface area contributed by atoms with Crippen LogP contribution in [0.4, 0.5) is 5.69 Å².